The van der Waals surface area contributed by atoms with Crippen LogP contribution < -0.4 is 5.32 Å². The number of carboxylic acid groups (broad SMARTS) is 1. The molecule has 0 unspecified atom stereocenters. The van der Waals surface area contributed by atoms with E-state index in [2.05, 4.69) is 5.32 Å². The van der Waals surface area contributed by atoms with Crippen molar-refractivity contribution in [1.29, 1.82) is 0 Å². The first kappa shape index (κ1) is 14.3. The number of thioether (sulfide) groups is 1. The lowest BCUT2D eigenvalue weighted by Crippen LogP contribution is -2.45. The van der Waals surface area contributed by atoms with Crippen LogP contribution in [-0.4, -0.2) is 35.0 Å². The Bertz CT molecular complexity index is 221. The first-order valence-electron chi connectivity index (χ1n) is 5.04. The Morgan fingerprint density at radius 3 is 2.47 bits per heavy atom. The van der Waals surface area contributed by atoms with Crippen LogP contribution in [-0.2, 0) is 9.59 Å². The highest BCUT2D eigenvalue weighted by molar-refractivity contribution is 7.98. The third kappa shape index (κ3) is 5.67. The van der Waals surface area contributed by atoms with Crippen LogP contribution in [0, 0.1) is 5.92 Å². The fourth-order valence-corrected chi connectivity index (χ4v) is 1.51. The van der Waals surface area contributed by atoms with Gasteiger partial charge < -0.3 is 10.4 Å². The molecule has 5 heteroatoms. The predicted octanol–water partition coefficient (Wildman–Crippen LogP) is 1.35. The number of nitrogens with one attached hydrogen (secondary N) is 1. The summed E-state index contributed by atoms with van der Waals surface area (Å²) in [6.45, 7) is 3.74. The second-order valence-corrected chi connectivity index (χ2v) is 4.50. The predicted molar refractivity (Wildman–Crippen MR) is 62.0 cm³/mol. The van der Waals surface area contributed by atoms with Crippen LogP contribution in [0.5, 0.6) is 0 Å². The molecule has 15 heavy (non-hydrogen) atoms. The molecule has 0 heterocycles. The molecule has 0 bridgehead atoms. The van der Waals surface area contributed by atoms with E-state index >= 15 is 0 Å². The zero-order chi connectivity index (χ0) is 11.8. The summed E-state index contributed by atoms with van der Waals surface area (Å²) < 4.78 is 0. The zero-order valence-corrected chi connectivity index (χ0v) is 10.3. The molecule has 0 fully saturated rings. The lowest BCUT2D eigenvalue weighted by Gasteiger charge is -2.19. The van der Waals surface area contributed by atoms with Crippen LogP contribution in [0.3, 0.4) is 0 Å². The van der Waals surface area contributed by atoms with E-state index < -0.39 is 12.0 Å². The average Bonchev–Trinajstić information content (AvgIpc) is 2.21. The van der Waals surface area contributed by atoms with Crippen LogP contribution in [0.25, 0.3) is 0 Å². The molecular formula is C10H19NO3S. The van der Waals surface area contributed by atoms with Crippen molar-refractivity contribution in [2.45, 2.75) is 32.7 Å². The van der Waals surface area contributed by atoms with Gasteiger partial charge in [-0.25, -0.2) is 4.79 Å². The molecule has 0 spiro atoms. The summed E-state index contributed by atoms with van der Waals surface area (Å²) in [7, 11) is 0. The number of amides is 1. The Labute approximate surface area is 94.8 Å². The van der Waals surface area contributed by atoms with Crippen LogP contribution in [0.1, 0.15) is 26.7 Å². The van der Waals surface area contributed by atoms with E-state index in [1.54, 1.807) is 11.8 Å². The summed E-state index contributed by atoms with van der Waals surface area (Å²) in [5.41, 5.74) is 0. The van der Waals surface area contributed by atoms with E-state index in [0.717, 1.165) is 12.2 Å². The topological polar surface area (TPSA) is 66.4 Å². The highest BCUT2D eigenvalue weighted by Gasteiger charge is 2.24. The molecule has 0 aliphatic heterocycles. The van der Waals surface area contributed by atoms with Crippen molar-refractivity contribution >= 4 is 23.6 Å². The maximum absolute atomic E-state index is 11.3. The molecular weight excluding hydrogens is 214 g/mol. The monoisotopic (exact) mass is 233 g/mol. The van der Waals surface area contributed by atoms with Gasteiger partial charge in [-0.1, -0.05) is 20.3 Å². The molecule has 88 valence electrons. The van der Waals surface area contributed by atoms with Crippen LogP contribution in [0.15, 0.2) is 0 Å². The van der Waals surface area contributed by atoms with E-state index in [9.17, 15) is 9.59 Å². The number of hydrogen-bond acceptors (Lipinski definition) is 3. The van der Waals surface area contributed by atoms with Crippen molar-refractivity contribution in [3.63, 3.8) is 0 Å². The Morgan fingerprint density at radius 2 is 2.07 bits per heavy atom. The second-order valence-electron chi connectivity index (χ2n) is 3.51. The Hall–Kier alpha value is -0.710. The quantitative estimate of drug-likeness (QED) is 0.696. The number of aliphatic carboxylic acids is 1. The van der Waals surface area contributed by atoms with Crippen molar-refractivity contribution in [3.05, 3.63) is 0 Å². The second kappa shape index (κ2) is 7.56. The van der Waals surface area contributed by atoms with Gasteiger partial charge in [-0.3, -0.25) is 4.79 Å². The third-order valence-corrected chi connectivity index (χ3v) is 2.94. The largest absolute Gasteiger partial charge is 0.480 e. The molecule has 0 aliphatic rings. The Balaban J connectivity index is 4.16. The van der Waals surface area contributed by atoms with Gasteiger partial charge in [0.05, 0.1) is 0 Å². The van der Waals surface area contributed by atoms with Crippen molar-refractivity contribution in [2.24, 2.45) is 5.92 Å². The van der Waals surface area contributed by atoms with Gasteiger partial charge in [0.1, 0.15) is 6.04 Å². The van der Waals surface area contributed by atoms with E-state index in [0.29, 0.717) is 6.42 Å². The highest BCUT2D eigenvalue weighted by Crippen LogP contribution is 2.08. The van der Waals surface area contributed by atoms with E-state index in [1.807, 2.05) is 20.1 Å². The van der Waals surface area contributed by atoms with E-state index in [4.69, 9.17) is 5.11 Å². The number of carbonyl (C=O) groups is 2. The van der Waals surface area contributed by atoms with Crippen LogP contribution in [0.4, 0.5) is 0 Å². The lowest BCUT2D eigenvalue weighted by atomic mass is 9.99. The van der Waals surface area contributed by atoms with Crippen molar-refractivity contribution < 1.29 is 14.7 Å². The lowest BCUT2D eigenvalue weighted by molar-refractivity contribution is -0.143. The smallest absolute Gasteiger partial charge is 0.326 e. The summed E-state index contributed by atoms with van der Waals surface area (Å²) in [4.78, 5) is 22.2. The molecule has 0 aromatic rings. The van der Waals surface area contributed by atoms with Gasteiger partial charge in [0.15, 0.2) is 0 Å². The maximum atomic E-state index is 11.3. The number of carbonyl (C=O) groups excluding carboxylic acids is 1. The molecule has 0 rings (SSSR count). The molecule has 0 saturated heterocycles. The summed E-state index contributed by atoms with van der Waals surface area (Å²) >= 11 is 1.57. The van der Waals surface area contributed by atoms with Gasteiger partial charge in [-0.15, -0.1) is 0 Å². The van der Waals surface area contributed by atoms with Gasteiger partial charge in [0.2, 0.25) is 5.91 Å². The Kier molecular flexibility index (Phi) is 7.21. The van der Waals surface area contributed by atoms with Gasteiger partial charge in [-0.2, -0.15) is 11.8 Å². The van der Waals surface area contributed by atoms with E-state index in [-0.39, 0.29) is 11.8 Å². The van der Waals surface area contributed by atoms with Crippen molar-refractivity contribution in [2.75, 3.05) is 12.0 Å². The molecule has 0 saturated carbocycles. The highest BCUT2D eigenvalue weighted by atomic mass is 32.2. The average molecular weight is 233 g/mol. The first-order valence-corrected chi connectivity index (χ1v) is 6.43. The molecule has 1 amide bonds. The zero-order valence-electron chi connectivity index (χ0n) is 9.45. The fraction of sp³-hybridized carbons (Fsp3) is 0.800. The maximum Gasteiger partial charge on any atom is 0.326 e. The van der Waals surface area contributed by atoms with Crippen LogP contribution in [0.2, 0.25) is 0 Å². The minimum Gasteiger partial charge on any atom is -0.480 e. The standard InChI is InChI=1S/C10H19NO3S/c1-4-7(2)9(10(13)14)11-8(12)5-6-15-3/h7,9H,4-6H2,1-3H3,(H,11,12)(H,13,14)/t7-,9-/m0/s1. The fourth-order valence-electron chi connectivity index (χ4n) is 1.12. The van der Waals surface area contributed by atoms with Crippen molar-refractivity contribution in [3.8, 4) is 0 Å². The molecule has 4 nitrogen and oxygen atoms in total. The van der Waals surface area contributed by atoms with Gasteiger partial charge in [0, 0.05) is 12.2 Å². The number of hydrogen-bond donors (Lipinski definition) is 2. The first-order chi connectivity index (χ1) is 7.02. The summed E-state index contributed by atoms with van der Waals surface area (Å²) in [6.07, 6.45) is 3.03. The number of rotatable bonds is 7. The van der Waals surface area contributed by atoms with Crippen LogP contribution >= 0.6 is 11.8 Å². The summed E-state index contributed by atoms with van der Waals surface area (Å²) in [6, 6.07) is -0.760. The molecule has 2 atom stereocenters. The molecule has 0 aromatic carbocycles. The molecule has 2 N–H and O–H groups in total. The number of carboxylic acids is 1. The molecule has 0 radical (unpaired) electrons. The van der Waals surface area contributed by atoms with Gasteiger partial charge in [0.25, 0.3) is 0 Å². The minimum atomic E-state index is -0.957. The summed E-state index contributed by atoms with van der Waals surface area (Å²) in [5.74, 6) is -0.460. The third-order valence-electron chi connectivity index (χ3n) is 2.33. The molecule has 0 aromatic heterocycles. The normalized spacial score (nSPS) is 14.3. The molecule has 0 aliphatic carbocycles. The SMILES string of the molecule is CC[C@H](C)[C@H](NC(=O)CCSC)C(=O)O. The summed E-state index contributed by atoms with van der Waals surface area (Å²) in [5, 5.41) is 11.5. The minimum absolute atomic E-state index is 0.0410. The van der Waals surface area contributed by atoms with E-state index in [1.165, 1.54) is 0 Å². The Morgan fingerprint density at radius 1 is 1.47 bits per heavy atom. The van der Waals surface area contributed by atoms with Crippen molar-refractivity contribution in [1.82, 2.24) is 5.32 Å². The van der Waals surface area contributed by atoms with Gasteiger partial charge in [-0.05, 0) is 12.2 Å². The van der Waals surface area contributed by atoms with Gasteiger partial charge >= 0.3 is 5.97 Å².